The molecule has 22 heavy (non-hydrogen) atoms. The third-order valence-corrected chi connectivity index (χ3v) is 4.55. The summed E-state index contributed by atoms with van der Waals surface area (Å²) in [5, 5.41) is 5.67. The van der Waals surface area contributed by atoms with Gasteiger partial charge in [0.15, 0.2) is 0 Å². The molecule has 7 heteroatoms. The molecule has 2 rings (SSSR count). The summed E-state index contributed by atoms with van der Waals surface area (Å²) in [5.74, 6) is 0. The van der Waals surface area contributed by atoms with Gasteiger partial charge in [-0.3, -0.25) is 0 Å². The van der Waals surface area contributed by atoms with Crippen LogP contribution in [0.25, 0.3) is 0 Å². The molecule has 0 aliphatic carbocycles. The summed E-state index contributed by atoms with van der Waals surface area (Å²) in [4.78, 5) is 15.2. The molecule has 1 aromatic heterocycles. The van der Waals surface area contributed by atoms with E-state index in [1.807, 2.05) is 17.5 Å². The van der Waals surface area contributed by atoms with Crippen LogP contribution in [0.3, 0.4) is 0 Å². The summed E-state index contributed by atoms with van der Waals surface area (Å²) in [5.41, 5.74) is 0.605. The Hall–Kier alpha value is -1.27. The van der Waals surface area contributed by atoms with Crippen molar-refractivity contribution in [3.05, 3.63) is 50.6 Å². The fraction of sp³-hybridized carbons (Fsp3) is 0.267. The molecule has 0 bridgehead atoms. The van der Waals surface area contributed by atoms with Crippen LogP contribution in [0.2, 0.25) is 10.0 Å². The average Bonchev–Trinajstić information content (AvgIpc) is 3.00. The zero-order valence-electron chi connectivity index (χ0n) is 12.0. The van der Waals surface area contributed by atoms with Crippen molar-refractivity contribution in [1.82, 2.24) is 4.90 Å². The molecule has 1 heterocycles. The maximum atomic E-state index is 12.4. The van der Waals surface area contributed by atoms with E-state index in [0.29, 0.717) is 35.4 Å². The van der Waals surface area contributed by atoms with E-state index in [9.17, 15) is 4.79 Å². The van der Waals surface area contributed by atoms with Crippen LogP contribution in [-0.2, 0) is 11.3 Å². The van der Waals surface area contributed by atoms with E-state index < -0.39 is 0 Å². The van der Waals surface area contributed by atoms with Gasteiger partial charge in [-0.05, 0) is 29.6 Å². The highest BCUT2D eigenvalue weighted by molar-refractivity contribution is 7.09. The van der Waals surface area contributed by atoms with Gasteiger partial charge in [0, 0.05) is 24.2 Å². The van der Waals surface area contributed by atoms with E-state index in [1.165, 1.54) is 0 Å². The van der Waals surface area contributed by atoms with Crippen LogP contribution in [0.5, 0.6) is 0 Å². The highest BCUT2D eigenvalue weighted by Gasteiger charge is 2.15. The molecule has 0 aliphatic rings. The van der Waals surface area contributed by atoms with Crippen molar-refractivity contribution < 1.29 is 9.53 Å². The van der Waals surface area contributed by atoms with Crippen LogP contribution in [-0.4, -0.2) is 31.2 Å². The number of thiophene rings is 1. The van der Waals surface area contributed by atoms with Crippen LogP contribution in [0, 0.1) is 0 Å². The molecule has 0 atom stereocenters. The van der Waals surface area contributed by atoms with E-state index in [-0.39, 0.29) is 6.03 Å². The van der Waals surface area contributed by atoms with Crippen molar-refractivity contribution in [2.75, 3.05) is 25.6 Å². The Morgan fingerprint density at radius 2 is 2.14 bits per heavy atom. The number of hydrogen-bond donors (Lipinski definition) is 1. The van der Waals surface area contributed by atoms with Crippen molar-refractivity contribution in [2.45, 2.75) is 6.54 Å². The molecule has 0 aliphatic heterocycles. The van der Waals surface area contributed by atoms with Crippen LogP contribution < -0.4 is 5.32 Å². The quantitative estimate of drug-likeness (QED) is 0.810. The molecule has 0 saturated carbocycles. The third-order valence-electron chi connectivity index (χ3n) is 2.95. The van der Waals surface area contributed by atoms with E-state index >= 15 is 0 Å². The summed E-state index contributed by atoms with van der Waals surface area (Å²) < 4.78 is 5.07. The molecular formula is C15H16Cl2N2O2S. The number of carbonyl (C=O) groups is 1. The number of urea groups is 1. The molecule has 4 nitrogen and oxygen atoms in total. The highest BCUT2D eigenvalue weighted by atomic mass is 35.5. The summed E-state index contributed by atoms with van der Waals surface area (Å²) in [6.07, 6.45) is 0. The fourth-order valence-corrected chi connectivity index (χ4v) is 2.84. The van der Waals surface area contributed by atoms with Crippen LogP contribution >= 0.6 is 34.5 Å². The zero-order chi connectivity index (χ0) is 15.9. The lowest BCUT2D eigenvalue weighted by atomic mass is 10.3. The first-order valence-corrected chi connectivity index (χ1v) is 8.26. The first-order chi connectivity index (χ1) is 10.6. The summed E-state index contributed by atoms with van der Waals surface area (Å²) in [6, 6.07) is 8.75. The van der Waals surface area contributed by atoms with Gasteiger partial charge in [0.2, 0.25) is 0 Å². The molecule has 0 radical (unpaired) electrons. The van der Waals surface area contributed by atoms with E-state index in [0.717, 1.165) is 4.88 Å². The number of rotatable bonds is 6. The van der Waals surface area contributed by atoms with E-state index in [1.54, 1.807) is 41.5 Å². The van der Waals surface area contributed by atoms with E-state index in [2.05, 4.69) is 5.32 Å². The maximum Gasteiger partial charge on any atom is 0.322 e. The van der Waals surface area contributed by atoms with Crippen LogP contribution in [0.4, 0.5) is 10.5 Å². The molecule has 0 fully saturated rings. The largest absolute Gasteiger partial charge is 0.383 e. The number of nitrogens with one attached hydrogen (secondary N) is 1. The summed E-state index contributed by atoms with van der Waals surface area (Å²) in [7, 11) is 1.61. The number of nitrogens with zero attached hydrogens (tertiary/aromatic N) is 1. The second kappa shape index (κ2) is 8.39. The third kappa shape index (κ3) is 4.88. The van der Waals surface area contributed by atoms with Gasteiger partial charge in [-0.2, -0.15) is 0 Å². The monoisotopic (exact) mass is 358 g/mol. The van der Waals surface area contributed by atoms with Crippen molar-refractivity contribution in [3.63, 3.8) is 0 Å². The Morgan fingerprint density at radius 1 is 1.32 bits per heavy atom. The molecule has 0 spiro atoms. The Kier molecular flexibility index (Phi) is 6.51. The van der Waals surface area contributed by atoms with Crippen LogP contribution in [0.1, 0.15) is 4.88 Å². The van der Waals surface area contributed by atoms with Gasteiger partial charge in [-0.15, -0.1) is 11.3 Å². The molecule has 2 aromatic rings. The number of amides is 2. The lowest BCUT2D eigenvalue weighted by Crippen LogP contribution is -2.36. The number of benzene rings is 1. The minimum atomic E-state index is -0.205. The number of halogens is 2. The van der Waals surface area contributed by atoms with Gasteiger partial charge in [0.1, 0.15) is 0 Å². The number of methoxy groups -OCH3 is 1. The highest BCUT2D eigenvalue weighted by Crippen LogP contribution is 2.25. The van der Waals surface area contributed by atoms with Crippen molar-refractivity contribution >= 4 is 46.3 Å². The summed E-state index contributed by atoms with van der Waals surface area (Å²) >= 11 is 13.4. The number of anilines is 1. The SMILES string of the molecule is COCCN(Cc1cccs1)C(=O)Nc1ccc(Cl)c(Cl)c1. The molecular weight excluding hydrogens is 343 g/mol. The molecule has 0 saturated heterocycles. The Balaban J connectivity index is 2.05. The van der Waals surface area contributed by atoms with Crippen molar-refractivity contribution in [2.24, 2.45) is 0 Å². The minimum Gasteiger partial charge on any atom is -0.383 e. The van der Waals surface area contributed by atoms with Crippen molar-refractivity contribution in [3.8, 4) is 0 Å². The Morgan fingerprint density at radius 3 is 2.77 bits per heavy atom. The smallest absolute Gasteiger partial charge is 0.322 e. The molecule has 0 unspecified atom stereocenters. The minimum absolute atomic E-state index is 0.205. The molecule has 118 valence electrons. The molecule has 1 aromatic carbocycles. The molecule has 1 N–H and O–H groups in total. The van der Waals surface area contributed by atoms with Gasteiger partial charge in [0.25, 0.3) is 0 Å². The second-order valence-corrected chi connectivity index (χ2v) is 6.40. The number of hydrogen-bond acceptors (Lipinski definition) is 3. The predicted octanol–water partition coefficient (Wildman–Crippen LogP) is 4.74. The van der Waals surface area contributed by atoms with Crippen LogP contribution in [0.15, 0.2) is 35.7 Å². The second-order valence-electron chi connectivity index (χ2n) is 4.55. The maximum absolute atomic E-state index is 12.4. The first-order valence-electron chi connectivity index (χ1n) is 6.62. The topological polar surface area (TPSA) is 41.6 Å². The van der Waals surface area contributed by atoms with Gasteiger partial charge in [-0.25, -0.2) is 4.79 Å². The fourth-order valence-electron chi connectivity index (χ4n) is 1.82. The lowest BCUT2D eigenvalue weighted by molar-refractivity contribution is 0.153. The number of ether oxygens (including phenoxy) is 1. The zero-order valence-corrected chi connectivity index (χ0v) is 14.3. The number of carbonyl (C=O) groups excluding carboxylic acids is 1. The van der Waals surface area contributed by atoms with E-state index in [4.69, 9.17) is 27.9 Å². The van der Waals surface area contributed by atoms with Gasteiger partial charge in [0.05, 0.1) is 23.2 Å². The Labute approximate surface area is 143 Å². The lowest BCUT2D eigenvalue weighted by Gasteiger charge is -2.22. The normalized spacial score (nSPS) is 10.5. The van der Waals surface area contributed by atoms with Gasteiger partial charge >= 0.3 is 6.03 Å². The molecule has 2 amide bonds. The first kappa shape index (κ1) is 17.1. The Bertz CT molecular complexity index is 620. The average molecular weight is 359 g/mol. The summed E-state index contributed by atoms with van der Waals surface area (Å²) in [6.45, 7) is 1.51. The van der Waals surface area contributed by atoms with Gasteiger partial charge in [-0.1, -0.05) is 29.3 Å². The predicted molar refractivity (Wildman–Crippen MR) is 92.1 cm³/mol. The van der Waals surface area contributed by atoms with Crippen molar-refractivity contribution in [1.29, 1.82) is 0 Å². The standard InChI is InChI=1S/C15H16Cl2N2O2S/c1-21-7-6-19(10-12-3-2-8-22-12)15(20)18-11-4-5-13(16)14(17)9-11/h2-5,8-9H,6-7,10H2,1H3,(H,18,20). The van der Waals surface area contributed by atoms with Gasteiger partial charge < -0.3 is 15.0 Å².